The number of nitrogens with zero attached hydrogens (tertiary/aromatic N) is 3. The maximum absolute atomic E-state index is 11.7. The Kier molecular flexibility index (Phi) is 4.31. The molecule has 0 saturated heterocycles. The van der Waals surface area contributed by atoms with Gasteiger partial charge in [-0.05, 0) is 39.0 Å². The summed E-state index contributed by atoms with van der Waals surface area (Å²) in [5, 5.41) is 12.8. The van der Waals surface area contributed by atoms with E-state index in [0.717, 1.165) is 14.5 Å². The number of rotatable bonds is 2. The third kappa shape index (κ3) is 3.36. The fourth-order valence-corrected chi connectivity index (χ4v) is 3.46. The second-order valence-electron chi connectivity index (χ2n) is 5.48. The van der Waals surface area contributed by atoms with E-state index in [9.17, 15) is 8.42 Å². The van der Waals surface area contributed by atoms with E-state index in [1.165, 1.54) is 4.57 Å². The van der Waals surface area contributed by atoms with Crippen LogP contribution in [0.5, 0.6) is 0 Å². The van der Waals surface area contributed by atoms with Crippen LogP contribution in [0.3, 0.4) is 0 Å². The van der Waals surface area contributed by atoms with Crippen molar-refractivity contribution < 1.29 is 8.42 Å². The monoisotopic (exact) mass is 436 g/mol. The van der Waals surface area contributed by atoms with Gasteiger partial charge in [0.1, 0.15) is 0 Å². The van der Waals surface area contributed by atoms with Crippen LogP contribution in [0.4, 0.5) is 0 Å². The molecule has 2 aromatic rings. The second kappa shape index (κ2) is 5.45. The van der Waals surface area contributed by atoms with Crippen molar-refractivity contribution in [1.29, 1.82) is 0 Å². The Morgan fingerprint density at radius 3 is 2.33 bits per heavy atom. The number of primary sulfonamides is 1. The van der Waals surface area contributed by atoms with Gasteiger partial charge in [-0.3, -0.25) is 4.57 Å². The van der Waals surface area contributed by atoms with Crippen molar-refractivity contribution in [2.75, 3.05) is 0 Å². The maximum Gasteiger partial charge on any atom is 0.273 e. The quantitative estimate of drug-likeness (QED) is 0.781. The molecule has 0 atom stereocenters. The molecule has 0 aliphatic carbocycles. The fourth-order valence-electron chi connectivity index (χ4n) is 1.90. The highest BCUT2D eigenvalue weighted by Crippen LogP contribution is 2.33. The fraction of sp³-hybridized carbons (Fsp3) is 0.333. The molecule has 21 heavy (non-hydrogen) atoms. The molecule has 1 aromatic carbocycles. The molecule has 2 rings (SSSR count). The number of aromatic nitrogens is 3. The zero-order valence-corrected chi connectivity index (χ0v) is 15.6. The molecule has 0 amide bonds. The van der Waals surface area contributed by atoms with Crippen molar-refractivity contribution in [3.8, 4) is 11.4 Å². The molecule has 0 aliphatic heterocycles. The van der Waals surface area contributed by atoms with Gasteiger partial charge in [0, 0.05) is 20.0 Å². The van der Waals surface area contributed by atoms with Crippen LogP contribution in [0.1, 0.15) is 20.8 Å². The van der Waals surface area contributed by atoms with Gasteiger partial charge in [0.25, 0.3) is 15.2 Å². The van der Waals surface area contributed by atoms with Crippen LogP contribution >= 0.6 is 31.9 Å². The molecule has 0 radical (unpaired) electrons. The van der Waals surface area contributed by atoms with Gasteiger partial charge < -0.3 is 0 Å². The van der Waals surface area contributed by atoms with Gasteiger partial charge in [0.15, 0.2) is 5.82 Å². The zero-order chi connectivity index (χ0) is 16.0. The minimum absolute atomic E-state index is 0.253. The summed E-state index contributed by atoms with van der Waals surface area (Å²) in [4.78, 5) is 0. The minimum Gasteiger partial charge on any atom is -0.291 e. The van der Waals surface area contributed by atoms with Gasteiger partial charge in [-0.1, -0.05) is 31.9 Å². The maximum atomic E-state index is 11.7. The normalized spacial score (nSPS) is 12.7. The summed E-state index contributed by atoms with van der Waals surface area (Å²) < 4.78 is 26.6. The summed E-state index contributed by atoms with van der Waals surface area (Å²) >= 11 is 6.84. The van der Waals surface area contributed by atoms with Crippen molar-refractivity contribution in [2.45, 2.75) is 31.5 Å². The van der Waals surface area contributed by atoms with Crippen LogP contribution in [0.15, 0.2) is 32.3 Å². The van der Waals surface area contributed by atoms with E-state index < -0.39 is 15.6 Å². The first-order valence-corrected chi connectivity index (χ1v) is 9.09. The van der Waals surface area contributed by atoms with Crippen LogP contribution in [-0.4, -0.2) is 23.2 Å². The largest absolute Gasteiger partial charge is 0.291 e. The van der Waals surface area contributed by atoms with E-state index in [1.807, 2.05) is 39.0 Å². The molecule has 0 bridgehead atoms. The lowest BCUT2D eigenvalue weighted by Crippen LogP contribution is -2.29. The van der Waals surface area contributed by atoms with E-state index in [1.54, 1.807) is 0 Å². The van der Waals surface area contributed by atoms with Gasteiger partial charge in [0.2, 0.25) is 0 Å². The number of hydrogen-bond acceptors (Lipinski definition) is 4. The third-order valence-electron chi connectivity index (χ3n) is 2.73. The van der Waals surface area contributed by atoms with E-state index in [2.05, 4.69) is 42.1 Å². The molecular formula is C12H14Br2N4O2S. The first kappa shape index (κ1) is 16.6. The molecule has 9 heteroatoms. The average molecular weight is 438 g/mol. The Bertz CT molecular complexity index is 794. The van der Waals surface area contributed by atoms with Crippen LogP contribution in [0.25, 0.3) is 11.4 Å². The molecule has 0 saturated carbocycles. The molecule has 1 heterocycles. The van der Waals surface area contributed by atoms with Crippen molar-refractivity contribution in [1.82, 2.24) is 14.8 Å². The van der Waals surface area contributed by atoms with Crippen molar-refractivity contribution >= 4 is 41.9 Å². The van der Waals surface area contributed by atoms with Crippen molar-refractivity contribution in [3.63, 3.8) is 0 Å². The van der Waals surface area contributed by atoms with E-state index >= 15 is 0 Å². The Morgan fingerprint density at radius 2 is 1.81 bits per heavy atom. The van der Waals surface area contributed by atoms with Gasteiger partial charge in [-0.25, -0.2) is 13.6 Å². The summed E-state index contributed by atoms with van der Waals surface area (Å²) in [6.07, 6.45) is 0. The summed E-state index contributed by atoms with van der Waals surface area (Å²) in [5.74, 6) is 0.430. The zero-order valence-electron chi connectivity index (χ0n) is 11.6. The van der Waals surface area contributed by atoms with Crippen molar-refractivity contribution in [3.05, 3.63) is 27.1 Å². The first-order valence-electron chi connectivity index (χ1n) is 5.96. The van der Waals surface area contributed by atoms with E-state index in [-0.39, 0.29) is 5.16 Å². The summed E-state index contributed by atoms with van der Waals surface area (Å²) in [6.45, 7) is 5.58. The Balaban J connectivity index is 2.83. The predicted octanol–water partition coefficient (Wildman–Crippen LogP) is 2.87. The van der Waals surface area contributed by atoms with Gasteiger partial charge in [0.05, 0.1) is 0 Å². The highest BCUT2D eigenvalue weighted by Gasteiger charge is 2.30. The van der Waals surface area contributed by atoms with Crippen LogP contribution < -0.4 is 5.14 Å². The van der Waals surface area contributed by atoms with E-state index in [4.69, 9.17) is 5.14 Å². The van der Waals surface area contributed by atoms with Gasteiger partial charge >= 0.3 is 0 Å². The molecule has 0 fully saturated rings. The van der Waals surface area contributed by atoms with Gasteiger partial charge in [-0.2, -0.15) is 0 Å². The molecule has 0 spiro atoms. The molecule has 2 N–H and O–H groups in total. The van der Waals surface area contributed by atoms with Crippen molar-refractivity contribution in [2.24, 2.45) is 5.14 Å². The molecule has 6 nitrogen and oxygen atoms in total. The first-order chi connectivity index (χ1) is 9.51. The highest BCUT2D eigenvalue weighted by atomic mass is 79.9. The summed E-state index contributed by atoms with van der Waals surface area (Å²) in [6, 6.07) is 5.55. The predicted molar refractivity (Wildman–Crippen MR) is 87.2 cm³/mol. The number of hydrogen-bond donors (Lipinski definition) is 1. The Labute approximate surface area is 140 Å². The molecule has 0 unspecified atom stereocenters. The highest BCUT2D eigenvalue weighted by molar-refractivity contribution is 9.11. The molecule has 114 valence electrons. The van der Waals surface area contributed by atoms with Crippen LogP contribution in [0, 0.1) is 0 Å². The minimum atomic E-state index is -3.96. The Hall–Kier alpha value is -0.770. The number of benzene rings is 1. The average Bonchev–Trinajstić information content (AvgIpc) is 2.76. The van der Waals surface area contributed by atoms with E-state index in [0.29, 0.717) is 5.82 Å². The van der Waals surface area contributed by atoms with Gasteiger partial charge in [-0.15, -0.1) is 10.2 Å². The number of nitrogens with two attached hydrogens (primary N) is 1. The summed E-state index contributed by atoms with van der Waals surface area (Å²) in [7, 11) is -3.96. The SMILES string of the molecule is CC(C)(C)n1c(-c2cc(Br)ccc2Br)nnc1S(N)(=O)=O. The second-order valence-corrected chi connectivity index (χ2v) is 8.71. The third-order valence-corrected chi connectivity index (χ3v) is 4.69. The number of sulfonamides is 1. The number of halogens is 2. The molecule has 0 aliphatic rings. The topological polar surface area (TPSA) is 90.9 Å². The lowest BCUT2D eigenvalue weighted by Gasteiger charge is -2.24. The molecular weight excluding hydrogens is 424 g/mol. The summed E-state index contributed by atoms with van der Waals surface area (Å²) in [5.41, 5.74) is 0.171. The standard InChI is InChI=1S/C12H14Br2N4O2S/c1-12(2,3)18-10(16-17-11(18)21(15,19)20)8-6-7(13)4-5-9(8)14/h4-6H,1-3H3,(H2,15,19,20). The van der Waals surface area contributed by atoms with Crippen LogP contribution in [0.2, 0.25) is 0 Å². The smallest absolute Gasteiger partial charge is 0.273 e. The lowest BCUT2D eigenvalue weighted by atomic mass is 10.1. The lowest BCUT2D eigenvalue weighted by molar-refractivity contribution is 0.366. The Morgan fingerprint density at radius 1 is 1.19 bits per heavy atom. The molecule has 1 aromatic heterocycles. The van der Waals surface area contributed by atoms with Crippen LogP contribution in [-0.2, 0) is 15.6 Å².